The maximum absolute atomic E-state index is 4.94. The Bertz CT molecular complexity index is 66.3. The summed E-state index contributed by atoms with van der Waals surface area (Å²) in [4.78, 5) is 0. The molecule has 0 rings (SSSR count). The molecule has 0 heterocycles. The van der Waals surface area contributed by atoms with Gasteiger partial charge in [0, 0.05) is 12.9 Å². The van der Waals surface area contributed by atoms with Crippen molar-refractivity contribution in [2.24, 2.45) is 5.92 Å². The zero-order valence-electron chi connectivity index (χ0n) is 7.22. The Morgan fingerprint density at radius 3 is 2.70 bits per heavy atom. The Morgan fingerprint density at radius 1 is 1.50 bits per heavy atom. The first-order valence-corrected chi connectivity index (χ1v) is 5.03. The Kier molecular flexibility index (Phi) is 7.65. The molecule has 0 saturated carbocycles. The second kappa shape index (κ2) is 7.42. The summed E-state index contributed by atoms with van der Waals surface area (Å²) in [5.74, 6) is 3.28. The van der Waals surface area contributed by atoms with Crippen molar-refractivity contribution in [3.05, 3.63) is 0 Å². The molecule has 62 valence electrons. The van der Waals surface area contributed by atoms with E-state index in [9.17, 15) is 0 Å². The van der Waals surface area contributed by atoms with Crippen molar-refractivity contribution in [3.63, 3.8) is 0 Å². The van der Waals surface area contributed by atoms with Crippen molar-refractivity contribution in [2.45, 2.75) is 20.3 Å². The van der Waals surface area contributed by atoms with Gasteiger partial charge >= 0.3 is 0 Å². The molecule has 0 spiro atoms. The lowest BCUT2D eigenvalue weighted by Crippen LogP contribution is -1.99. The van der Waals surface area contributed by atoms with E-state index >= 15 is 0 Å². The van der Waals surface area contributed by atoms with Gasteiger partial charge in [0.1, 0.15) is 0 Å². The van der Waals surface area contributed by atoms with Gasteiger partial charge in [0.15, 0.2) is 0 Å². The van der Waals surface area contributed by atoms with E-state index in [0.29, 0.717) is 0 Å². The van der Waals surface area contributed by atoms with Crippen LogP contribution in [0.4, 0.5) is 0 Å². The molecule has 0 fully saturated rings. The number of hydrogen-bond donors (Lipinski definition) is 0. The van der Waals surface area contributed by atoms with Crippen LogP contribution in [0.15, 0.2) is 0 Å². The van der Waals surface area contributed by atoms with Crippen molar-refractivity contribution < 1.29 is 4.74 Å². The summed E-state index contributed by atoms with van der Waals surface area (Å²) >= 11 is 1.99. The molecule has 0 aromatic carbocycles. The molecule has 1 nitrogen and oxygen atoms in total. The predicted octanol–water partition coefficient (Wildman–Crippen LogP) is 2.41. The van der Waals surface area contributed by atoms with E-state index in [4.69, 9.17) is 4.74 Å². The van der Waals surface area contributed by atoms with E-state index in [0.717, 1.165) is 18.3 Å². The third-order valence-electron chi connectivity index (χ3n) is 1.53. The molecule has 0 saturated heterocycles. The minimum atomic E-state index is 0.863. The number of thioether (sulfide) groups is 1. The molecule has 0 aromatic heterocycles. The van der Waals surface area contributed by atoms with E-state index in [1.54, 1.807) is 7.11 Å². The Balaban J connectivity index is 2.89. The zero-order chi connectivity index (χ0) is 7.82. The average Bonchev–Trinajstić information content (AvgIpc) is 1.98. The molecule has 0 aliphatic heterocycles. The van der Waals surface area contributed by atoms with Crippen molar-refractivity contribution >= 4 is 11.8 Å². The van der Waals surface area contributed by atoms with Gasteiger partial charge in [-0.05, 0) is 11.7 Å². The number of ether oxygens (including phenoxy) is 1. The lowest BCUT2D eigenvalue weighted by Gasteiger charge is -2.06. The van der Waals surface area contributed by atoms with Crippen LogP contribution in [-0.4, -0.2) is 25.2 Å². The van der Waals surface area contributed by atoms with Crippen LogP contribution in [0.1, 0.15) is 20.3 Å². The fourth-order valence-electron chi connectivity index (χ4n) is 0.545. The summed E-state index contributed by atoms with van der Waals surface area (Å²) in [6.45, 7) is 5.42. The molecular weight excluding hydrogens is 144 g/mol. The Morgan fingerprint density at radius 2 is 2.20 bits per heavy atom. The van der Waals surface area contributed by atoms with Crippen molar-refractivity contribution in [1.29, 1.82) is 0 Å². The SMILES string of the molecule is CCC(C)CSCCOC. The van der Waals surface area contributed by atoms with E-state index in [-0.39, 0.29) is 0 Å². The summed E-state index contributed by atoms with van der Waals surface area (Å²) in [6.07, 6.45) is 1.29. The lowest BCUT2D eigenvalue weighted by atomic mass is 10.2. The molecule has 1 atom stereocenters. The molecule has 0 radical (unpaired) electrons. The molecule has 0 amide bonds. The van der Waals surface area contributed by atoms with E-state index in [2.05, 4.69) is 13.8 Å². The minimum absolute atomic E-state index is 0.863. The fourth-order valence-corrected chi connectivity index (χ4v) is 1.63. The highest BCUT2D eigenvalue weighted by Crippen LogP contribution is 2.10. The quantitative estimate of drug-likeness (QED) is 0.555. The summed E-state index contributed by atoms with van der Waals surface area (Å²) in [5, 5.41) is 0. The molecule has 0 bridgehead atoms. The topological polar surface area (TPSA) is 9.23 Å². The van der Waals surface area contributed by atoms with Crippen LogP contribution in [-0.2, 0) is 4.74 Å². The minimum Gasteiger partial charge on any atom is -0.384 e. The predicted molar refractivity (Wildman–Crippen MR) is 48.7 cm³/mol. The van der Waals surface area contributed by atoms with Gasteiger partial charge in [-0.1, -0.05) is 20.3 Å². The highest BCUT2D eigenvalue weighted by molar-refractivity contribution is 7.99. The van der Waals surface area contributed by atoms with Gasteiger partial charge < -0.3 is 4.74 Å². The van der Waals surface area contributed by atoms with Crippen molar-refractivity contribution in [2.75, 3.05) is 25.2 Å². The molecule has 10 heavy (non-hydrogen) atoms. The van der Waals surface area contributed by atoms with Crippen LogP contribution in [0.3, 0.4) is 0 Å². The van der Waals surface area contributed by atoms with Gasteiger partial charge in [-0.25, -0.2) is 0 Å². The van der Waals surface area contributed by atoms with Gasteiger partial charge in [0.05, 0.1) is 6.61 Å². The second-order valence-corrected chi connectivity index (χ2v) is 3.73. The fraction of sp³-hybridized carbons (Fsp3) is 1.00. The smallest absolute Gasteiger partial charge is 0.0552 e. The molecule has 2 heteroatoms. The van der Waals surface area contributed by atoms with Crippen LogP contribution in [0.5, 0.6) is 0 Å². The third kappa shape index (κ3) is 6.43. The molecule has 1 unspecified atom stereocenters. The summed E-state index contributed by atoms with van der Waals surface area (Å²) in [6, 6.07) is 0. The number of methoxy groups -OCH3 is 1. The lowest BCUT2D eigenvalue weighted by molar-refractivity contribution is 0.218. The zero-order valence-corrected chi connectivity index (χ0v) is 8.04. The highest BCUT2D eigenvalue weighted by atomic mass is 32.2. The second-order valence-electron chi connectivity index (χ2n) is 2.58. The third-order valence-corrected chi connectivity index (χ3v) is 2.79. The van der Waals surface area contributed by atoms with Crippen LogP contribution in [0, 0.1) is 5.92 Å². The van der Waals surface area contributed by atoms with E-state index in [1.165, 1.54) is 12.2 Å². The monoisotopic (exact) mass is 162 g/mol. The molecule has 0 N–H and O–H groups in total. The van der Waals surface area contributed by atoms with Crippen molar-refractivity contribution in [1.82, 2.24) is 0 Å². The summed E-state index contributed by atoms with van der Waals surface area (Å²) in [5.41, 5.74) is 0. The van der Waals surface area contributed by atoms with Gasteiger partial charge in [-0.3, -0.25) is 0 Å². The van der Waals surface area contributed by atoms with Crippen LogP contribution >= 0.6 is 11.8 Å². The van der Waals surface area contributed by atoms with Gasteiger partial charge in [-0.15, -0.1) is 0 Å². The molecule has 0 aliphatic carbocycles. The summed E-state index contributed by atoms with van der Waals surface area (Å²) < 4.78 is 4.94. The highest BCUT2D eigenvalue weighted by Gasteiger charge is 1.96. The number of hydrogen-bond acceptors (Lipinski definition) is 2. The summed E-state index contributed by atoms with van der Waals surface area (Å²) in [7, 11) is 1.75. The first-order valence-electron chi connectivity index (χ1n) is 3.88. The molecular formula is C8H18OS. The normalized spacial score (nSPS) is 13.5. The first-order chi connectivity index (χ1) is 4.81. The Labute approximate surface area is 68.5 Å². The Hall–Kier alpha value is 0.310. The molecule has 0 aromatic rings. The number of rotatable bonds is 6. The van der Waals surface area contributed by atoms with Crippen molar-refractivity contribution in [3.8, 4) is 0 Å². The van der Waals surface area contributed by atoms with Gasteiger partial charge in [-0.2, -0.15) is 11.8 Å². The van der Waals surface area contributed by atoms with Gasteiger partial charge in [0.2, 0.25) is 0 Å². The standard InChI is InChI=1S/C8H18OS/c1-4-8(2)7-10-6-5-9-3/h8H,4-7H2,1-3H3. The van der Waals surface area contributed by atoms with Crippen LogP contribution < -0.4 is 0 Å². The van der Waals surface area contributed by atoms with Crippen LogP contribution in [0.2, 0.25) is 0 Å². The maximum Gasteiger partial charge on any atom is 0.0552 e. The maximum atomic E-state index is 4.94. The van der Waals surface area contributed by atoms with E-state index < -0.39 is 0 Å². The largest absolute Gasteiger partial charge is 0.384 e. The van der Waals surface area contributed by atoms with Crippen LogP contribution in [0.25, 0.3) is 0 Å². The molecule has 0 aliphatic rings. The van der Waals surface area contributed by atoms with E-state index in [1.807, 2.05) is 11.8 Å². The first kappa shape index (κ1) is 10.3. The van der Waals surface area contributed by atoms with Gasteiger partial charge in [0.25, 0.3) is 0 Å². The average molecular weight is 162 g/mol.